The Kier molecular flexibility index (Phi) is 4.59. The van der Waals surface area contributed by atoms with Gasteiger partial charge in [-0.15, -0.1) is 0 Å². The van der Waals surface area contributed by atoms with Gasteiger partial charge in [-0.2, -0.15) is 0 Å². The number of hydrogen-bond donors (Lipinski definition) is 2. The molecule has 19 heavy (non-hydrogen) atoms. The smallest absolute Gasteiger partial charge is 0.122 e. The van der Waals surface area contributed by atoms with Gasteiger partial charge in [0.15, 0.2) is 0 Å². The molecule has 3 heteroatoms. The van der Waals surface area contributed by atoms with E-state index in [1.54, 1.807) is 0 Å². The molecule has 1 atom stereocenters. The van der Waals surface area contributed by atoms with Crippen molar-refractivity contribution in [2.45, 2.75) is 39.7 Å². The van der Waals surface area contributed by atoms with Crippen LogP contribution >= 0.6 is 0 Å². The Morgan fingerprint density at radius 1 is 1.37 bits per heavy atom. The Hall–Kier alpha value is -1.35. The van der Waals surface area contributed by atoms with Gasteiger partial charge in [-0.25, -0.2) is 0 Å². The number of nitrogens with zero attached hydrogens (tertiary/aromatic N) is 1. The summed E-state index contributed by atoms with van der Waals surface area (Å²) in [4.78, 5) is 2.55. The molecule has 0 bridgehead atoms. The van der Waals surface area contributed by atoms with Crippen molar-refractivity contribution in [2.75, 3.05) is 13.1 Å². The molecule has 1 saturated heterocycles. The van der Waals surface area contributed by atoms with E-state index in [0.29, 0.717) is 0 Å². The Morgan fingerprint density at radius 2 is 2.16 bits per heavy atom. The Labute approximate surface area is 116 Å². The summed E-state index contributed by atoms with van der Waals surface area (Å²) in [5.74, 6) is 1.02. The summed E-state index contributed by atoms with van der Waals surface area (Å²) >= 11 is 0. The second kappa shape index (κ2) is 6.20. The molecule has 1 unspecified atom stereocenters. The summed E-state index contributed by atoms with van der Waals surface area (Å²) in [6.45, 7) is 7.91. The molecule has 0 spiro atoms. The molecule has 0 radical (unpaired) electrons. The number of nitrogen functional groups attached to an aromatic ring is 1. The summed E-state index contributed by atoms with van der Waals surface area (Å²) in [7, 11) is 0. The Bertz CT molecular complexity index is 453. The average molecular weight is 259 g/mol. The molecule has 1 fully saturated rings. The van der Waals surface area contributed by atoms with Crippen LogP contribution in [-0.2, 0) is 6.54 Å². The van der Waals surface area contributed by atoms with E-state index >= 15 is 0 Å². The van der Waals surface area contributed by atoms with Crippen LogP contribution in [0.1, 0.15) is 42.9 Å². The molecular formula is C16H25N3. The van der Waals surface area contributed by atoms with Crippen LogP contribution in [0.25, 0.3) is 0 Å². The zero-order valence-electron chi connectivity index (χ0n) is 12.1. The Balaban J connectivity index is 2.04. The normalized spacial score (nSPS) is 21.1. The maximum absolute atomic E-state index is 7.47. The number of rotatable bonds is 3. The molecule has 1 aliphatic rings. The van der Waals surface area contributed by atoms with Crippen LogP contribution < -0.4 is 5.73 Å². The third-order valence-corrected chi connectivity index (χ3v) is 4.16. The quantitative estimate of drug-likeness (QED) is 0.648. The molecule has 1 aliphatic heterocycles. The number of likely N-dealkylation sites (tertiary alicyclic amines) is 1. The monoisotopic (exact) mass is 259 g/mol. The van der Waals surface area contributed by atoms with Crippen LogP contribution in [0.4, 0.5) is 0 Å². The molecule has 0 aliphatic carbocycles. The maximum Gasteiger partial charge on any atom is 0.122 e. The maximum atomic E-state index is 7.47. The lowest BCUT2D eigenvalue weighted by atomic mass is 10.0. The lowest BCUT2D eigenvalue weighted by Crippen LogP contribution is -2.24. The van der Waals surface area contributed by atoms with Gasteiger partial charge in [0.05, 0.1) is 0 Å². The van der Waals surface area contributed by atoms with Gasteiger partial charge in [0.1, 0.15) is 5.84 Å². The van der Waals surface area contributed by atoms with Gasteiger partial charge in [0.25, 0.3) is 0 Å². The minimum absolute atomic E-state index is 0.151. The molecule has 1 aromatic carbocycles. The van der Waals surface area contributed by atoms with Gasteiger partial charge in [0, 0.05) is 12.1 Å². The van der Waals surface area contributed by atoms with Crippen LogP contribution in [0.3, 0.4) is 0 Å². The molecule has 0 aromatic heterocycles. The van der Waals surface area contributed by atoms with Crippen LogP contribution in [-0.4, -0.2) is 23.8 Å². The summed E-state index contributed by atoms with van der Waals surface area (Å²) < 4.78 is 0. The van der Waals surface area contributed by atoms with Gasteiger partial charge in [0.2, 0.25) is 0 Å². The fraction of sp³-hybridized carbons (Fsp3) is 0.562. The lowest BCUT2D eigenvalue weighted by molar-refractivity contribution is 0.273. The zero-order valence-corrected chi connectivity index (χ0v) is 12.1. The molecule has 0 amide bonds. The van der Waals surface area contributed by atoms with E-state index in [-0.39, 0.29) is 5.84 Å². The molecular weight excluding hydrogens is 234 g/mol. The molecule has 104 valence electrons. The number of amidine groups is 1. The van der Waals surface area contributed by atoms with Gasteiger partial charge in [-0.1, -0.05) is 19.1 Å². The van der Waals surface area contributed by atoms with Crippen molar-refractivity contribution < 1.29 is 0 Å². The van der Waals surface area contributed by atoms with E-state index < -0.39 is 0 Å². The average Bonchev–Trinajstić information content (AvgIpc) is 2.57. The predicted octanol–water partition coefficient (Wildman–Crippen LogP) is 2.90. The van der Waals surface area contributed by atoms with E-state index in [4.69, 9.17) is 11.1 Å². The number of nitrogens with one attached hydrogen (secondary N) is 1. The lowest BCUT2D eigenvalue weighted by Gasteiger charge is -2.21. The minimum Gasteiger partial charge on any atom is -0.384 e. The number of nitrogens with two attached hydrogens (primary N) is 1. The number of hydrogen-bond acceptors (Lipinski definition) is 2. The highest BCUT2D eigenvalue weighted by Crippen LogP contribution is 2.19. The van der Waals surface area contributed by atoms with Crippen molar-refractivity contribution in [2.24, 2.45) is 11.7 Å². The Morgan fingerprint density at radius 3 is 2.84 bits per heavy atom. The van der Waals surface area contributed by atoms with Crippen molar-refractivity contribution >= 4 is 5.84 Å². The summed E-state index contributed by atoms with van der Waals surface area (Å²) in [6, 6.07) is 6.11. The fourth-order valence-electron chi connectivity index (χ4n) is 2.76. The van der Waals surface area contributed by atoms with Crippen molar-refractivity contribution in [3.63, 3.8) is 0 Å². The van der Waals surface area contributed by atoms with Crippen molar-refractivity contribution in [3.8, 4) is 0 Å². The second-order valence-electron chi connectivity index (χ2n) is 5.87. The van der Waals surface area contributed by atoms with E-state index in [2.05, 4.69) is 24.8 Å². The topological polar surface area (TPSA) is 53.1 Å². The predicted molar refractivity (Wildman–Crippen MR) is 80.5 cm³/mol. The second-order valence-corrected chi connectivity index (χ2v) is 5.87. The zero-order chi connectivity index (χ0) is 13.8. The standard InChI is InChI=1S/C16H25N3/c1-12-4-3-8-19(9-7-12)11-15-6-5-14(16(17)18)10-13(15)2/h5-6,10,12H,3-4,7-9,11H2,1-2H3,(H3,17,18). The van der Waals surface area contributed by atoms with Gasteiger partial charge < -0.3 is 5.73 Å². The van der Waals surface area contributed by atoms with Crippen LogP contribution in [0.15, 0.2) is 18.2 Å². The molecule has 2 rings (SSSR count). The van der Waals surface area contributed by atoms with Crippen LogP contribution in [0.2, 0.25) is 0 Å². The molecule has 1 heterocycles. The molecule has 3 N–H and O–H groups in total. The molecule has 1 aromatic rings. The van der Waals surface area contributed by atoms with Crippen molar-refractivity contribution in [1.29, 1.82) is 5.41 Å². The summed E-state index contributed by atoms with van der Waals surface area (Å²) in [5, 5.41) is 7.47. The first kappa shape index (κ1) is 14.1. The highest BCUT2D eigenvalue weighted by Gasteiger charge is 2.14. The number of aryl methyl sites for hydroxylation is 1. The molecule has 0 saturated carbocycles. The third-order valence-electron chi connectivity index (χ3n) is 4.16. The van der Waals surface area contributed by atoms with Crippen molar-refractivity contribution in [3.05, 3.63) is 34.9 Å². The van der Waals surface area contributed by atoms with E-state index in [1.807, 2.05) is 12.1 Å². The highest BCUT2D eigenvalue weighted by atomic mass is 15.1. The fourth-order valence-corrected chi connectivity index (χ4v) is 2.76. The largest absolute Gasteiger partial charge is 0.384 e. The van der Waals surface area contributed by atoms with E-state index in [1.165, 1.54) is 43.5 Å². The van der Waals surface area contributed by atoms with E-state index in [9.17, 15) is 0 Å². The third kappa shape index (κ3) is 3.80. The first-order valence-corrected chi connectivity index (χ1v) is 7.22. The summed E-state index contributed by atoms with van der Waals surface area (Å²) in [5.41, 5.74) is 8.95. The summed E-state index contributed by atoms with van der Waals surface area (Å²) in [6.07, 6.45) is 3.98. The van der Waals surface area contributed by atoms with Gasteiger partial charge in [-0.3, -0.25) is 10.3 Å². The van der Waals surface area contributed by atoms with E-state index in [0.717, 1.165) is 18.0 Å². The first-order valence-electron chi connectivity index (χ1n) is 7.22. The van der Waals surface area contributed by atoms with Crippen LogP contribution in [0.5, 0.6) is 0 Å². The van der Waals surface area contributed by atoms with Crippen molar-refractivity contribution in [1.82, 2.24) is 4.90 Å². The highest BCUT2D eigenvalue weighted by molar-refractivity contribution is 5.95. The number of benzene rings is 1. The SMILES string of the molecule is Cc1cc(C(=N)N)ccc1CN1CCCC(C)CC1. The van der Waals surface area contributed by atoms with Gasteiger partial charge >= 0.3 is 0 Å². The molecule has 3 nitrogen and oxygen atoms in total. The first-order chi connectivity index (χ1) is 9.06. The van der Waals surface area contributed by atoms with Crippen LogP contribution in [0, 0.1) is 18.3 Å². The minimum atomic E-state index is 0.151. The van der Waals surface area contributed by atoms with Gasteiger partial charge in [-0.05, 0) is 62.4 Å².